The van der Waals surface area contributed by atoms with Crippen molar-refractivity contribution >= 4 is 23.5 Å². The lowest BCUT2D eigenvalue weighted by atomic mass is 9.96. The molecule has 47 heavy (non-hydrogen) atoms. The van der Waals surface area contributed by atoms with Crippen LogP contribution in [-0.4, -0.2) is 42.7 Å². The molecule has 0 saturated heterocycles. The molecule has 0 aromatic heterocycles. The quantitative estimate of drug-likeness (QED) is 0.184. The predicted molar refractivity (Wildman–Crippen MR) is 181 cm³/mol. The van der Waals surface area contributed by atoms with Crippen LogP contribution in [0.3, 0.4) is 0 Å². The second-order valence-corrected chi connectivity index (χ2v) is 13.1. The molecule has 3 N–H and O–H groups in total. The van der Waals surface area contributed by atoms with Gasteiger partial charge in [0.25, 0.3) is 0 Å². The summed E-state index contributed by atoms with van der Waals surface area (Å²) in [5, 5.41) is 8.76. The fraction of sp³-hybridized carbons (Fsp3) is 0.421. The molecule has 0 aliphatic heterocycles. The van der Waals surface area contributed by atoms with Crippen LogP contribution in [-0.2, 0) is 27.5 Å². The summed E-state index contributed by atoms with van der Waals surface area (Å²) in [6, 6.07) is 21.1. The number of ether oxygens (including phenoxy) is 2. The van der Waals surface area contributed by atoms with Crippen LogP contribution in [0.25, 0.3) is 0 Å². The van der Waals surface area contributed by atoms with Gasteiger partial charge < -0.3 is 25.4 Å². The Bertz CT molecular complexity index is 1520. The number of ketones is 1. The van der Waals surface area contributed by atoms with Gasteiger partial charge in [-0.3, -0.25) is 19.2 Å². The molecule has 9 heteroatoms. The SMILES string of the molecule is COc1ccc2c(c1)C(CC(=O)N[C@@H](CC(C)C)C(=O)N[C@H](CC(C)C)C(=O)NCc1ccc(OCc3ccccc3)cc1)CC2=O. The lowest BCUT2D eigenvalue weighted by Gasteiger charge is -2.25. The predicted octanol–water partition coefficient (Wildman–Crippen LogP) is 5.71. The third kappa shape index (κ3) is 10.4. The molecule has 9 nitrogen and oxygen atoms in total. The summed E-state index contributed by atoms with van der Waals surface area (Å²) >= 11 is 0. The highest BCUT2D eigenvalue weighted by molar-refractivity contribution is 6.02. The first-order chi connectivity index (χ1) is 22.5. The number of methoxy groups -OCH3 is 1. The molecular weight excluding hydrogens is 594 g/mol. The molecule has 0 radical (unpaired) electrons. The average molecular weight is 642 g/mol. The molecule has 0 bridgehead atoms. The lowest BCUT2D eigenvalue weighted by Crippen LogP contribution is -2.54. The smallest absolute Gasteiger partial charge is 0.243 e. The summed E-state index contributed by atoms with van der Waals surface area (Å²) in [4.78, 5) is 52.7. The maximum Gasteiger partial charge on any atom is 0.243 e. The summed E-state index contributed by atoms with van der Waals surface area (Å²) in [6.45, 7) is 8.69. The third-order valence-corrected chi connectivity index (χ3v) is 8.20. The van der Waals surface area contributed by atoms with Crippen molar-refractivity contribution in [3.05, 3.63) is 95.1 Å². The first-order valence-corrected chi connectivity index (χ1v) is 16.4. The van der Waals surface area contributed by atoms with Crippen molar-refractivity contribution in [1.82, 2.24) is 16.0 Å². The van der Waals surface area contributed by atoms with E-state index in [1.165, 1.54) is 0 Å². The van der Waals surface area contributed by atoms with E-state index in [0.717, 1.165) is 22.4 Å². The molecule has 1 unspecified atom stereocenters. The van der Waals surface area contributed by atoms with Crippen LogP contribution in [0.2, 0.25) is 0 Å². The van der Waals surface area contributed by atoms with E-state index in [-0.39, 0.29) is 48.2 Å². The molecular formula is C38H47N3O6. The van der Waals surface area contributed by atoms with Gasteiger partial charge in [-0.05, 0) is 71.7 Å². The zero-order chi connectivity index (χ0) is 33.9. The van der Waals surface area contributed by atoms with E-state index in [2.05, 4.69) is 16.0 Å². The average Bonchev–Trinajstić information content (AvgIpc) is 3.35. The van der Waals surface area contributed by atoms with Gasteiger partial charge in [-0.15, -0.1) is 0 Å². The molecule has 0 spiro atoms. The molecule has 3 aromatic carbocycles. The minimum absolute atomic E-state index is 0.00759. The van der Waals surface area contributed by atoms with Gasteiger partial charge in [0.1, 0.15) is 30.2 Å². The monoisotopic (exact) mass is 641 g/mol. The molecule has 4 rings (SSSR count). The Morgan fingerprint density at radius 2 is 1.43 bits per heavy atom. The molecule has 0 heterocycles. The number of hydrogen-bond donors (Lipinski definition) is 3. The summed E-state index contributed by atoms with van der Waals surface area (Å²) in [5.74, 6) is 0.295. The van der Waals surface area contributed by atoms with Gasteiger partial charge in [-0.2, -0.15) is 0 Å². The highest BCUT2D eigenvalue weighted by Crippen LogP contribution is 2.37. The molecule has 1 aliphatic rings. The van der Waals surface area contributed by atoms with E-state index in [1.807, 2.05) is 82.3 Å². The normalized spacial score (nSPS) is 15.1. The lowest BCUT2D eigenvalue weighted by molar-refractivity contribution is -0.132. The van der Waals surface area contributed by atoms with E-state index < -0.39 is 18.0 Å². The van der Waals surface area contributed by atoms with Gasteiger partial charge in [0, 0.05) is 30.9 Å². The van der Waals surface area contributed by atoms with Gasteiger partial charge in [-0.25, -0.2) is 0 Å². The van der Waals surface area contributed by atoms with Crippen LogP contribution in [0.5, 0.6) is 11.5 Å². The maximum absolute atomic E-state index is 13.6. The number of nitrogens with one attached hydrogen (secondary N) is 3. The number of fused-ring (bicyclic) bond motifs is 1. The van der Waals surface area contributed by atoms with Gasteiger partial charge in [0.15, 0.2) is 5.78 Å². The molecule has 3 amide bonds. The fourth-order valence-electron chi connectivity index (χ4n) is 5.80. The number of amides is 3. The van der Waals surface area contributed by atoms with Crippen molar-refractivity contribution in [3.63, 3.8) is 0 Å². The van der Waals surface area contributed by atoms with E-state index >= 15 is 0 Å². The number of hydrogen-bond acceptors (Lipinski definition) is 6. The Balaban J connectivity index is 1.34. The standard InChI is InChI=1S/C38H47N3O6/c1-24(2)17-33(37(44)39-22-26-11-13-29(14-12-26)47-23-27-9-7-6-8-10-27)41-38(45)34(18-25(3)4)40-36(43)20-28-19-35(42)31-16-15-30(46-5)21-32(28)31/h6-16,21,24-25,28,33-34H,17-20,22-23H2,1-5H3,(H,39,44)(H,40,43)(H,41,45)/t28?,33-,34+/m1/s1. The minimum Gasteiger partial charge on any atom is -0.497 e. The van der Waals surface area contributed by atoms with Crippen LogP contribution >= 0.6 is 0 Å². The Hall–Kier alpha value is -4.66. The second-order valence-electron chi connectivity index (χ2n) is 13.1. The van der Waals surface area contributed by atoms with Crippen LogP contribution < -0.4 is 25.4 Å². The zero-order valence-corrected chi connectivity index (χ0v) is 28.0. The third-order valence-electron chi connectivity index (χ3n) is 8.20. The second kappa shape index (κ2) is 16.8. The minimum atomic E-state index is -0.824. The maximum atomic E-state index is 13.6. The molecule has 3 atom stereocenters. The first-order valence-electron chi connectivity index (χ1n) is 16.4. The van der Waals surface area contributed by atoms with Crippen molar-refractivity contribution < 1.29 is 28.7 Å². The number of benzene rings is 3. The van der Waals surface area contributed by atoms with E-state index in [1.54, 1.807) is 25.3 Å². The highest BCUT2D eigenvalue weighted by Gasteiger charge is 2.33. The molecule has 3 aromatic rings. The molecule has 0 fully saturated rings. The summed E-state index contributed by atoms with van der Waals surface area (Å²) in [6.07, 6.45) is 1.14. The van der Waals surface area contributed by atoms with Crippen molar-refractivity contribution in [3.8, 4) is 11.5 Å². The Labute approximate surface area is 277 Å². The molecule has 1 aliphatic carbocycles. The van der Waals surface area contributed by atoms with Crippen LogP contribution in [0.4, 0.5) is 0 Å². The zero-order valence-electron chi connectivity index (χ0n) is 28.0. The highest BCUT2D eigenvalue weighted by atomic mass is 16.5. The number of carbonyl (C=O) groups is 4. The molecule has 250 valence electrons. The summed E-state index contributed by atoms with van der Waals surface area (Å²) < 4.78 is 11.2. The number of carbonyl (C=O) groups excluding carboxylic acids is 4. The van der Waals surface area contributed by atoms with Crippen molar-refractivity contribution in [2.24, 2.45) is 11.8 Å². The van der Waals surface area contributed by atoms with Gasteiger partial charge in [0.05, 0.1) is 7.11 Å². The number of Topliss-reactive ketones (excluding diaryl/α,β-unsaturated/α-hetero) is 1. The summed E-state index contributed by atoms with van der Waals surface area (Å²) in [5.41, 5.74) is 3.37. The van der Waals surface area contributed by atoms with Crippen molar-refractivity contribution in [2.45, 2.75) is 84.5 Å². The van der Waals surface area contributed by atoms with Crippen molar-refractivity contribution in [1.29, 1.82) is 0 Å². The van der Waals surface area contributed by atoms with Crippen LogP contribution in [0, 0.1) is 11.8 Å². The van der Waals surface area contributed by atoms with Crippen LogP contribution in [0.15, 0.2) is 72.8 Å². The Morgan fingerprint density at radius 3 is 2.06 bits per heavy atom. The van der Waals surface area contributed by atoms with Crippen molar-refractivity contribution in [2.75, 3.05) is 7.11 Å². The van der Waals surface area contributed by atoms with E-state index in [0.29, 0.717) is 37.3 Å². The van der Waals surface area contributed by atoms with E-state index in [4.69, 9.17) is 9.47 Å². The van der Waals surface area contributed by atoms with Gasteiger partial charge >= 0.3 is 0 Å². The Morgan fingerprint density at radius 1 is 0.787 bits per heavy atom. The van der Waals surface area contributed by atoms with Gasteiger partial charge in [-0.1, -0.05) is 70.2 Å². The van der Waals surface area contributed by atoms with E-state index in [9.17, 15) is 19.2 Å². The number of rotatable bonds is 16. The Kier molecular flexibility index (Phi) is 12.6. The molecule has 0 saturated carbocycles. The largest absolute Gasteiger partial charge is 0.497 e. The fourth-order valence-corrected chi connectivity index (χ4v) is 5.80. The van der Waals surface area contributed by atoms with Crippen LogP contribution in [0.1, 0.15) is 86.3 Å². The topological polar surface area (TPSA) is 123 Å². The summed E-state index contributed by atoms with van der Waals surface area (Å²) in [7, 11) is 1.56. The van der Waals surface area contributed by atoms with Gasteiger partial charge in [0.2, 0.25) is 17.7 Å². The first kappa shape index (κ1) is 35.2.